The Labute approximate surface area is 123 Å². The Bertz CT molecular complexity index is 628. The lowest BCUT2D eigenvalue weighted by Gasteiger charge is -2.13. The first-order valence-electron chi connectivity index (χ1n) is 5.14. The summed E-state index contributed by atoms with van der Waals surface area (Å²) >= 11 is 6.11. The number of hydrogen-bond acceptors (Lipinski definition) is 0. The average Bonchev–Trinajstić information content (AvgIpc) is 2.36. The fraction of sp³-hybridized carbons (Fsp3) is 0.0769. The Morgan fingerprint density at radius 1 is 0.842 bits per heavy atom. The van der Waals surface area contributed by atoms with Crippen molar-refractivity contribution in [1.29, 1.82) is 0 Å². The van der Waals surface area contributed by atoms with Gasteiger partial charge >= 0.3 is 0 Å². The molecule has 100 valence electrons. The van der Waals surface area contributed by atoms with Gasteiger partial charge in [0, 0.05) is 17.2 Å². The first kappa shape index (κ1) is 14.5. The van der Waals surface area contributed by atoms with Gasteiger partial charge in [-0.3, -0.25) is 0 Å². The van der Waals surface area contributed by atoms with E-state index in [1.807, 2.05) is 0 Å². The lowest BCUT2D eigenvalue weighted by molar-refractivity contribution is 0.490. The summed E-state index contributed by atoms with van der Waals surface area (Å²) in [5, 5.41) is 0. The maximum Gasteiger partial charge on any atom is 0.161 e. The molecule has 0 spiro atoms. The molecule has 0 N–H and O–H groups in total. The Morgan fingerprint density at radius 3 is 2.16 bits per heavy atom. The van der Waals surface area contributed by atoms with Gasteiger partial charge in [0.15, 0.2) is 11.6 Å². The molecule has 0 aliphatic heterocycles. The van der Waals surface area contributed by atoms with Crippen molar-refractivity contribution in [2.24, 2.45) is 0 Å². The Hall–Kier alpha value is -0.880. The molecule has 0 aromatic heterocycles. The van der Waals surface area contributed by atoms with E-state index in [2.05, 4.69) is 31.9 Å². The summed E-state index contributed by atoms with van der Waals surface area (Å²) in [6.45, 7) is 0. The largest absolute Gasteiger partial charge is 0.207 e. The van der Waals surface area contributed by atoms with Crippen LogP contribution in [0.2, 0.25) is 0 Å². The molecule has 0 aliphatic rings. The highest BCUT2D eigenvalue weighted by Gasteiger charge is 2.21. The molecule has 19 heavy (non-hydrogen) atoms. The van der Waals surface area contributed by atoms with Crippen molar-refractivity contribution in [2.75, 3.05) is 0 Å². The van der Waals surface area contributed by atoms with Crippen molar-refractivity contribution in [1.82, 2.24) is 0 Å². The Kier molecular flexibility index (Phi) is 4.30. The molecule has 2 rings (SSSR count). The van der Waals surface area contributed by atoms with Gasteiger partial charge in [0.25, 0.3) is 0 Å². The minimum absolute atomic E-state index is 0.124. The fourth-order valence-electron chi connectivity index (χ4n) is 1.62. The lowest BCUT2D eigenvalue weighted by atomic mass is 10.0. The second-order valence-corrected chi connectivity index (χ2v) is 5.56. The number of alkyl halides is 1. The van der Waals surface area contributed by atoms with E-state index < -0.39 is 28.1 Å². The molecule has 0 amide bonds. The highest BCUT2D eigenvalue weighted by Crippen LogP contribution is 2.36. The van der Waals surface area contributed by atoms with Crippen molar-refractivity contribution in [3.8, 4) is 0 Å². The molecule has 0 aliphatic carbocycles. The first-order chi connectivity index (χ1) is 8.91. The van der Waals surface area contributed by atoms with Crippen LogP contribution in [0.25, 0.3) is 0 Å². The predicted octanol–water partition coefficient (Wildman–Crippen LogP) is 5.49. The van der Waals surface area contributed by atoms with Crippen LogP contribution in [0.1, 0.15) is 16.0 Å². The van der Waals surface area contributed by atoms with Gasteiger partial charge in [-0.25, -0.2) is 17.6 Å². The van der Waals surface area contributed by atoms with Crippen LogP contribution in [0, 0.1) is 23.3 Å². The molecule has 0 fully saturated rings. The van der Waals surface area contributed by atoms with Gasteiger partial charge in [0.05, 0.1) is 9.30 Å². The lowest BCUT2D eigenvalue weighted by Crippen LogP contribution is -2.02. The van der Waals surface area contributed by atoms with Gasteiger partial charge in [-0.1, -0.05) is 28.1 Å². The zero-order chi connectivity index (χ0) is 14.2. The van der Waals surface area contributed by atoms with Gasteiger partial charge in [-0.05, 0) is 28.1 Å². The van der Waals surface area contributed by atoms with Crippen molar-refractivity contribution in [3.63, 3.8) is 0 Å². The van der Waals surface area contributed by atoms with Gasteiger partial charge in [-0.15, -0.1) is 0 Å². The van der Waals surface area contributed by atoms with Crippen LogP contribution in [-0.2, 0) is 0 Å². The molecule has 0 radical (unpaired) electrons. The molecular weight excluding hydrogens is 392 g/mol. The number of hydrogen-bond donors (Lipinski definition) is 0. The topological polar surface area (TPSA) is 0 Å². The molecular formula is C13H6Br2F4. The quantitative estimate of drug-likeness (QED) is 0.357. The van der Waals surface area contributed by atoms with E-state index in [1.54, 1.807) is 6.07 Å². The molecule has 1 atom stereocenters. The zero-order valence-corrected chi connectivity index (χ0v) is 12.4. The summed E-state index contributed by atoms with van der Waals surface area (Å²) in [6, 6.07) is 5.63. The molecule has 6 heteroatoms. The molecule has 0 saturated carbocycles. The summed E-state index contributed by atoms with van der Waals surface area (Å²) in [7, 11) is 0. The maximum absolute atomic E-state index is 13.9. The van der Waals surface area contributed by atoms with E-state index in [9.17, 15) is 17.6 Å². The third-order valence-corrected chi connectivity index (χ3v) is 4.17. The van der Waals surface area contributed by atoms with E-state index in [0.717, 1.165) is 0 Å². The number of rotatable bonds is 2. The number of halogens is 6. The van der Waals surface area contributed by atoms with Crippen LogP contribution < -0.4 is 0 Å². The van der Waals surface area contributed by atoms with Crippen LogP contribution in [0.5, 0.6) is 0 Å². The second-order valence-electron chi connectivity index (χ2n) is 3.79. The van der Waals surface area contributed by atoms with Crippen LogP contribution >= 0.6 is 31.9 Å². The van der Waals surface area contributed by atoms with E-state index in [1.165, 1.54) is 12.1 Å². The molecule has 2 aromatic carbocycles. The molecule has 0 nitrogen and oxygen atoms in total. The van der Waals surface area contributed by atoms with Crippen LogP contribution in [0.15, 0.2) is 34.8 Å². The van der Waals surface area contributed by atoms with Gasteiger partial charge in [0.1, 0.15) is 11.6 Å². The Balaban J connectivity index is 2.53. The minimum atomic E-state index is -1.28. The average molecular weight is 398 g/mol. The van der Waals surface area contributed by atoms with Gasteiger partial charge in [-0.2, -0.15) is 0 Å². The van der Waals surface area contributed by atoms with Crippen LogP contribution in [-0.4, -0.2) is 0 Å². The monoisotopic (exact) mass is 396 g/mol. The summed E-state index contributed by atoms with van der Waals surface area (Å²) in [6.07, 6.45) is 0. The minimum Gasteiger partial charge on any atom is -0.207 e. The van der Waals surface area contributed by atoms with E-state index in [4.69, 9.17) is 0 Å². The fourth-order valence-corrected chi connectivity index (χ4v) is 2.70. The van der Waals surface area contributed by atoms with Crippen LogP contribution in [0.3, 0.4) is 0 Å². The van der Waals surface area contributed by atoms with Crippen molar-refractivity contribution in [3.05, 3.63) is 69.2 Å². The summed E-state index contributed by atoms with van der Waals surface area (Å²) in [5.74, 6) is -4.00. The predicted molar refractivity (Wildman–Crippen MR) is 71.2 cm³/mol. The smallest absolute Gasteiger partial charge is 0.161 e. The highest BCUT2D eigenvalue weighted by molar-refractivity contribution is 9.10. The van der Waals surface area contributed by atoms with Crippen molar-refractivity contribution in [2.45, 2.75) is 4.83 Å². The van der Waals surface area contributed by atoms with E-state index >= 15 is 0 Å². The third-order valence-electron chi connectivity index (χ3n) is 2.57. The number of benzene rings is 2. The molecule has 0 heterocycles. The normalized spacial score (nSPS) is 12.5. The van der Waals surface area contributed by atoms with Gasteiger partial charge < -0.3 is 0 Å². The zero-order valence-electron chi connectivity index (χ0n) is 9.23. The summed E-state index contributed by atoms with van der Waals surface area (Å²) < 4.78 is 53.7. The molecule has 1 unspecified atom stereocenters. The second kappa shape index (κ2) is 5.63. The van der Waals surface area contributed by atoms with Crippen LogP contribution in [0.4, 0.5) is 17.6 Å². The van der Waals surface area contributed by atoms with Gasteiger partial charge in [0.2, 0.25) is 0 Å². The highest BCUT2D eigenvalue weighted by atomic mass is 79.9. The molecule has 0 saturated heterocycles. The van der Waals surface area contributed by atoms with E-state index in [0.29, 0.717) is 12.1 Å². The summed E-state index contributed by atoms with van der Waals surface area (Å²) in [4.78, 5) is -0.917. The first-order valence-corrected chi connectivity index (χ1v) is 6.85. The van der Waals surface area contributed by atoms with Crippen molar-refractivity contribution >= 4 is 31.9 Å². The maximum atomic E-state index is 13.9. The molecule has 0 bridgehead atoms. The standard InChI is InChI=1S/C13H6Br2F4/c14-8-3-1-2-6(13(8)19)12(15)7-4-10(17)11(18)5-9(7)16/h1-5,12H. The van der Waals surface area contributed by atoms with Crippen molar-refractivity contribution < 1.29 is 17.6 Å². The van der Waals surface area contributed by atoms with E-state index in [-0.39, 0.29) is 15.6 Å². The molecule has 2 aromatic rings. The Morgan fingerprint density at radius 2 is 1.47 bits per heavy atom. The summed E-state index contributed by atoms with van der Waals surface area (Å²) in [5.41, 5.74) is -0.0461. The third kappa shape index (κ3) is 2.84. The SMILES string of the molecule is Fc1cc(F)c(C(Br)c2cccc(Br)c2F)cc1F.